The normalized spacial score (nSPS) is 16.6. The van der Waals surface area contributed by atoms with Crippen molar-refractivity contribution >= 4 is 0 Å². The number of halogens is 1. The highest BCUT2D eigenvalue weighted by Crippen LogP contribution is 2.26. The Labute approximate surface area is 95.6 Å². The molecule has 0 spiro atoms. The predicted octanol–water partition coefficient (Wildman–Crippen LogP) is 2.85. The molecule has 0 saturated heterocycles. The van der Waals surface area contributed by atoms with Crippen molar-refractivity contribution < 1.29 is 9.13 Å². The van der Waals surface area contributed by atoms with Gasteiger partial charge < -0.3 is 10.5 Å². The van der Waals surface area contributed by atoms with Crippen molar-refractivity contribution in [2.75, 3.05) is 6.61 Å². The summed E-state index contributed by atoms with van der Waals surface area (Å²) in [6, 6.07) is 4.91. The van der Waals surface area contributed by atoms with E-state index in [-0.39, 0.29) is 12.4 Å². The minimum atomic E-state index is -0.272. The molecule has 1 fully saturated rings. The molecule has 88 valence electrons. The van der Waals surface area contributed by atoms with Gasteiger partial charge in [0.1, 0.15) is 11.6 Å². The maximum atomic E-state index is 13.4. The molecule has 2 rings (SSSR count). The third kappa shape index (κ3) is 2.73. The van der Waals surface area contributed by atoms with Crippen molar-refractivity contribution in [1.82, 2.24) is 0 Å². The van der Waals surface area contributed by atoms with E-state index in [9.17, 15) is 4.39 Å². The molecule has 16 heavy (non-hydrogen) atoms. The summed E-state index contributed by atoms with van der Waals surface area (Å²) in [6.07, 6.45) is 5.08. The molecule has 0 aliphatic heterocycles. The molecule has 1 aromatic carbocycles. The molecule has 1 aromatic rings. The Balaban J connectivity index is 1.91. The van der Waals surface area contributed by atoms with Crippen LogP contribution in [0.4, 0.5) is 4.39 Å². The number of benzene rings is 1. The first-order chi connectivity index (χ1) is 7.79. The molecular weight excluding hydrogens is 205 g/mol. The zero-order valence-electron chi connectivity index (χ0n) is 9.42. The molecule has 1 aliphatic rings. The second-order valence-corrected chi connectivity index (χ2v) is 4.42. The number of hydrogen-bond acceptors (Lipinski definition) is 2. The molecule has 0 unspecified atom stereocenters. The van der Waals surface area contributed by atoms with Gasteiger partial charge in [0.25, 0.3) is 0 Å². The van der Waals surface area contributed by atoms with Crippen LogP contribution < -0.4 is 10.5 Å². The third-order valence-corrected chi connectivity index (χ3v) is 3.20. The number of nitrogens with two attached hydrogens (primary N) is 1. The molecule has 2 N–H and O–H groups in total. The summed E-state index contributed by atoms with van der Waals surface area (Å²) in [6.45, 7) is 0.941. The van der Waals surface area contributed by atoms with Crippen LogP contribution in [-0.2, 0) is 6.54 Å². The van der Waals surface area contributed by atoms with Crippen molar-refractivity contribution in [1.29, 1.82) is 0 Å². The van der Waals surface area contributed by atoms with Crippen LogP contribution in [0.5, 0.6) is 5.75 Å². The van der Waals surface area contributed by atoms with Gasteiger partial charge in [-0.15, -0.1) is 0 Å². The topological polar surface area (TPSA) is 35.2 Å². The summed E-state index contributed by atoms with van der Waals surface area (Å²) >= 11 is 0. The molecule has 0 heterocycles. The molecule has 0 atom stereocenters. The fraction of sp³-hybridized carbons (Fsp3) is 0.538. The van der Waals surface area contributed by atoms with Crippen molar-refractivity contribution in [2.45, 2.75) is 32.2 Å². The van der Waals surface area contributed by atoms with Crippen LogP contribution in [0.2, 0.25) is 0 Å². The Morgan fingerprint density at radius 1 is 1.31 bits per heavy atom. The van der Waals surface area contributed by atoms with Crippen molar-refractivity contribution in [3.05, 3.63) is 29.6 Å². The Hall–Kier alpha value is -1.09. The summed E-state index contributed by atoms with van der Waals surface area (Å²) in [4.78, 5) is 0. The zero-order valence-corrected chi connectivity index (χ0v) is 9.42. The lowest BCUT2D eigenvalue weighted by atomic mass is 10.1. The summed E-state index contributed by atoms with van der Waals surface area (Å²) < 4.78 is 19.0. The maximum Gasteiger partial charge on any atom is 0.131 e. The highest BCUT2D eigenvalue weighted by molar-refractivity contribution is 5.28. The molecule has 3 heteroatoms. The van der Waals surface area contributed by atoms with E-state index in [1.54, 1.807) is 12.1 Å². The second-order valence-electron chi connectivity index (χ2n) is 4.42. The molecule has 0 bridgehead atoms. The molecule has 1 aliphatic carbocycles. The average Bonchev–Trinajstić information content (AvgIpc) is 2.79. The largest absolute Gasteiger partial charge is 0.493 e. The molecular formula is C13H18FNO. The predicted molar refractivity (Wildman–Crippen MR) is 61.7 cm³/mol. The quantitative estimate of drug-likeness (QED) is 0.851. The zero-order chi connectivity index (χ0) is 11.4. The van der Waals surface area contributed by atoms with E-state index < -0.39 is 0 Å². The number of hydrogen-bond donors (Lipinski definition) is 1. The Kier molecular flexibility index (Phi) is 3.78. The number of ether oxygens (including phenoxy) is 1. The first kappa shape index (κ1) is 11.4. The van der Waals surface area contributed by atoms with Crippen LogP contribution >= 0.6 is 0 Å². The molecule has 0 radical (unpaired) electrons. The van der Waals surface area contributed by atoms with E-state index in [1.165, 1.54) is 31.7 Å². The van der Waals surface area contributed by atoms with Gasteiger partial charge in [-0.1, -0.05) is 18.9 Å². The van der Waals surface area contributed by atoms with Gasteiger partial charge in [0.2, 0.25) is 0 Å². The smallest absolute Gasteiger partial charge is 0.131 e. The summed E-state index contributed by atoms with van der Waals surface area (Å²) in [5.41, 5.74) is 5.93. The fourth-order valence-electron chi connectivity index (χ4n) is 2.17. The Bertz CT molecular complexity index is 348. The highest BCUT2D eigenvalue weighted by Gasteiger charge is 2.15. The summed E-state index contributed by atoms with van der Waals surface area (Å²) in [5.74, 6) is 0.991. The molecule has 0 aromatic heterocycles. The van der Waals surface area contributed by atoms with E-state index in [2.05, 4.69) is 0 Å². The van der Waals surface area contributed by atoms with Crippen LogP contribution in [0.3, 0.4) is 0 Å². The molecule has 1 saturated carbocycles. The second kappa shape index (κ2) is 5.30. The van der Waals surface area contributed by atoms with Gasteiger partial charge in [-0.05, 0) is 24.8 Å². The van der Waals surface area contributed by atoms with Crippen molar-refractivity contribution in [3.8, 4) is 5.75 Å². The fourth-order valence-corrected chi connectivity index (χ4v) is 2.17. The van der Waals surface area contributed by atoms with Crippen LogP contribution in [0, 0.1) is 11.7 Å². The van der Waals surface area contributed by atoms with E-state index in [4.69, 9.17) is 10.5 Å². The Morgan fingerprint density at radius 2 is 2.06 bits per heavy atom. The maximum absolute atomic E-state index is 13.4. The van der Waals surface area contributed by atoms with E-state index in [1.807, 2.05) is 0 Å². The monoisotopic (exact) mass is 223 g/mol. The van der Waals surface area contributed by atoms with Crippen LogP contribution in [0.25, 0.3) is 0 Å². The highest BCUT2D eigenvalue weighted by atomic mass is 19.1. The van der Waals surface area contributed by atoms with E-state index in [0.29, 0.717) is 23.8 Å². The van der Waals surface area contributed by atoms with Gasteiger partial charge in [0.05, 0.1) is 6.61 Å². The Morgan fingerprint density at radius 3 is 2.69 bits per heavy atom. The van der Waals surface area contributed by atoms with Crippen LogP contribution in [0.1, 0.15) is 31.2 Å². The lowest BCUT2D eigenvalue weighted by molar-refractivity contribution is 0.251. The molecule has 0 amide bonds. The molecule has 2 nitrogen and oxygen atoms in total. The van der Waals surface area contributed by atoms with Crippen LogP contribution in [-0.4, -0.2) is 6.61 Å². The average molecular weight is 223 g/mol. The van der Waals surface area contributed by atoms with Gasteiger partial charge in [-0.2, -0.15) is 0 Å². The van der Waals surface area contributed by atoms with Gasteiger partial charge in [0.15, 0.2) is 0 Å². The van der Waals surface area contributed by atoms with Gasteiger partial charge in [0, 0.05) is 18.2 Å². The van der Waals surface area contributed by atoms with Gasteiger partial charge >= 0.3 is 0 Å². The standard InChI is InChI=1S/C13H18FNO/c14-13-7-12(6-5-11(13)8-15)16-9-10-3-1-2-4-10/h5-7,10H,1-4,8-9,15H2. The third-order valence-electron chi connectivity index (χ3n) is 3.20. The van der Waals surface area contributed by atoms with Crippen LogP contribution in [0.15, 0.2) is 18.2 Å². The first-order valence-electron chi connectivity index (χ1n) is 5.91. The minimum Gasteiger partial charge on any atom is -0.493 e. The van der Waals surface area contributed by atoms with Crippen molar-refractivity contribution in [3.63, 3.8) is 0 Å². The lowest BCUT2D eigenvalue weighted by Crippen LogP contribution is -2.08. The minimum absolute atomic E-state index is 0.231. The van der Waals surface area contributed by atoms with Gasteiger partial charge in [-0.25, -0.2) is 4.39 Å². The van der Waals surface area contributed by atoms with E-state index in [0.717, 1.165) is 0 Å². The SMILES string of the molecule is NCc1ccc(OCC2CCCC2)cc1F. The number of rotatable bonds is 4. The lowest BCUT2D eigenvalue weighted by Gasteiger charge is -2.11. The van der Waals surface area contributed by atoms with Gasteiger partial charge in [-0.3, -0.25) is 0 Å². The summed E-state index contributed by atoms with van der Waals surface area (Å²) in [7, 11) is 0. The first-order valence-corrected chi connectivity index (χ1v) is 5.91. The summed E-state index contributed by atoms with van der Waals surface area (Å²) in [5, 5.41) is 0. The van der Waals surface area contributed by atoms with Crippen molar-refractivity contribution in [2.24, 2.45) is 11.7 Å². The van der Waals surface area contributed by atoms with E-state index >= 15 is 0 Å².